The second-order valence-electron chi connectivity index (χ2n) is 5.03. The smallest absolute Gasteiger partial charge is 0.255 e. The van der Waals surface area contributed by atoms with E-state index in [0.717, 1.165) is 10.0 Å². The van der Waals surface area contributed by atoms with Gasteiger partial charge in [-0.1, -0.05) is 28.1 Å². The van der Waals surface area contributed by atoms with Crippen molar-refractivity contribution < 1.29 is 14.3 Å². The van der Waals surface area contributed by atoms with E-state index in [1.54, 1.807) is 24.3 Å². The summed E-state index contributed by atoms with van der Waals surface area (Å²) in [5.41, 5.74) is 6.54. The molecule has 2 aromatic rings. The predicted octanol–water partition coefficient (Wildman–Crippen LogP) is 2.80. The Labute approximate surface area is 143 Å². The molecule has 2 aromatic carbocycles. The summed E-state index contributed by atoms with van der Waals surface area (Å²) in [7, 11) is 0. The Balaban J connectivity index is 1.97. The maximum absolute atomic E-state index is 12.2. The second kappa shape index (κ2) is 7.78. The zero-order valence-electron chi connectivity index (χ0n) is 12.6. The van der Waals surface area contributed by atoms with E-state index in [2.05, 4.69) is 21.2 Å². The van der Waals surface area contributed by atoms with Crippen molar-refractivity contribution in [2.45, 2.75) is 13.0 Å². The van der Waals surface area contributed by atoms with Gasteiger partial charge in [0, 0.05) is 10.0 Å². The van der Waals surface area contributed by atoms with Gasteiger partial charge in [-0.05, 0) is 48.9 Å². The van der Waals surface area contributed by atoms with Crippen LogP contribution in [-0.2, 0) is 4.79 Å². The number of hydrogen-bond donors (Lipinski definition) is 2. The number of rotatable bonds is 6. The summed E-state index contributed by atoms with van der Waals surface area (Å²) in [6.07, 6.45) is 0. The molecule has 0 saturated carbocycles. The lowest BCUT2D eigenvalue weighted by Crippen LogP contribution is -2.26. The molecule has 5 nitrogen and oxygen atoms in total. The Hall–Kier alpha value is -2.34. The number of benzene rings is 2. The van der Waals surface area contributed by atoms with Gasteiger partial charge < -0.3 is 15.8 Å². The lowest BCUT2D eigenvalue weighted by Gasteiger charge is -2.14. The van der Waals surface area contributed by atoms with Crippen molar-refractivity contribution in [2.24, 2.45) is 5.73 Å². The van der Waals surface area contributed by atoms with Crippen molar-refractivity contribution in [3.05, 3.63) is 64.1 Å². The molecule has 0 bridgehead atoms. The molecule has 3 N–H and O–H groups in total. The molecule has 120 valence electrons. The standard InChI is InChI=1S/C17H17BrN2O3/c1-11(12-2-6-14(18)7-3-12)20-17(22)13-4-8-15(9-5-13)23-10-16(19)21/h2-9,11H,10H2,1H3,(H2,19,21)(H,20,22)/t11-/m1/s1. The predicted molar refractivity (Wildman–Crippen MR) is 91.2 cm³/mol. The number of primary amides is 1. The number of amides is 2. The molecule has 0 aliphatic rings. The van der Waals surface area contributed by atoms with Gasteiger partial charge in [0.05, 0.1) is 6.04 Å². The minimum Gasteiger partial charge on any atom is -0.484 e. The average molecular weight is 377 g/mol. The molecule has 0 aliphatic carbocycles. The maximum atomic E-state index is 12.2. The van der Waals surface area contributed by atoms with Crippen LogP contribution in [0.4, 0.5) is 0 Å². The molecule has 0 aliphatic heterocycles. The highest BCUT2D eigenvalue weighted by atomic mass is 79.9. The number of nitrogens with one attached hydrogen (secondary N) is 1. The van der Waals surface area contributed by atoms with Crippen LogP contribution in [0, 0.1) is 0 Å². The lowest BCUT2D eigenvalue weighted by molar-refractivity contribution is -0.119. The van der Waals surface area contributed by atoms with Gasteiger partial charge in [0.2, 0.25) is 0 Å². The van der Waals surface area contributed by atoms with Gasteiger partial charge in [0.1, 0.15) is 5.75 Å². The molecular weight excluding hydrogens is 360 g/mol. The molecule has 0 radical (unpaired) electrons. The number of carbonyl (C=O) groups is 2. The average Bonchev–Trinajstić information content (AvgIpc) is 2.54. The highest BCUT2D eigenvalue weighted by Crippen LogP contribution is 2.18. The summed E-state index contributed by atoms with van der Waals surface area (Å²) in [4.78, 5) is 22.9. The minimum absolute atomic E-state index is 0.110. The first kappa shape index (κ1) is 17.0. The summed E-state index contributed by atoms with van der Waals surface area (Å²) in [5, 5.41) is 2.93. The molecule has 6 heteroatoms. The molecule has 0 aromatic heterocycles. The quantitative estimate of drug-likeness (QED) is 0.812. The molecule has 0 unspecified atom stereocenters. The van der Waals surface area contributed by atoms with Crippen LogP contribution in [0.5, 0.6) is 5.75 Å². The molecule has 0 heterocycles. The molecule has 23 heavy (non-hydrogen) atoms. The molecule has 2 amide bonds. The van der Waals surface area contributed by atoms with Crippen LogP contribution < -0.4 is 15.8 Å². The van der Waals surface area contributed by atoms with E-state index in [4.69, 9.17) is 10.5 Å². The van der Waals surface area contributed by atoms with Crippen molar-refractivity contribution in [3.63, 3.8) is 0 Å². The van der Waals surface area contributed by atoms with Gasteiger partial charge in [-0.25, -0.2) is 0 Å². The summed E-state index contributed by atoms with van der Waals surface area (Å²) >= 11 is 3.38. The third-order valence-electron chi connectivity index (χ3n) is 3.22. The lowest BCUT2D eigenvalue weighted by atomic mass is 10.1. The fraction of sp³-hybridized carbons (Fsp3) is 0.176. The third-order valence-corrected chi connectivity index (χ3v) is 3.74. The number of halogens is 1. The van der Waals surface area contributed by atoms with Crippen LogP contribution in [-0.4, -0.2) is 18.4 Å². The maximum Gasteiger partial charge on any atom is 0.255 e. The number of hydrogen-bond acceptors (Lipinski definition) is 3. The van der Waals surface area contributed by atoms with Crippen LogP contribution in [0.3, 0.4) is 0 Å². The van der Waals surface area contributed by atoms with Crippen LogP contribution in [0.1, 0.15) is 28.9 Å². The highest BCUT2D eigenvalue weighted by Gasteiger charge is 2.11. The van der Waals surface area contributed by atoms with E-state index >= 15 is 0 Å². The molecule has 2 rings (SSSR count). The van der Waals surface area contributed by atoms with E-state index < -0.39 is 5.91 Å². The fourth-order valence-electron chi connectivity index (χ4n) is 1.97. The Morgan fingerprint density at radius 1 is 1.13 bits per heavy atom. The SMILES string of the molecule is C[C@@H](NC(=O)c1ccc(OCC(N)=O)cc1)c1ccc(Br)cc1. The summed E-state index contributed by atoms with van der Waals surface area (Å²) < 4.78 is 6.15. The van der Waals surface area contributed by atoms with Crippen molar-refractivity contribution in [1.29, 1.82) is 0 Å². The van der Waals surface area contributed by atoms with Crippen LogP contribution in [0.25, 0.3) is 0 Å². The van der Waals surface area contributed by atoms with Crippen molar-refractivity contribution >= 4 is 27.7 Å². The van der Waals surface area contributed by atoms with Gasteiger partial charge in [0.25, 0.3) is 11.8 Å². The van der Waals surface area contributed by atoms with Crippen LogP contribution in [0.2, 0.25) is 0 Å². The largest absolute Gasteiger partial charge is 0.484 e. The molecule has 0 spiro atoms. The van der Waals surface area contributed by atoms with Gasteiger partial charge in [0.15, 0.2) is 6.61 Å². The first-order valence-electron chi connectivity index (χ1n) is 7.03. The van der Waals surface area contributed by atoms with Gasteiger partial charge in [-0.3, -0.25) is 9.59 Å². The summed E-state index contributed by atoms with van der Waals surface area (Å²) in [6, 6.07) is 14.2. The van der Waals surface area contributed by atoms with E-state index in [9.17, 15) is 9.59 Å². The Morgan fingerprint density at radius 3 is 2.30 bits per heavy atom. The first-order valence-corrected chi connectivity index (χ1v) is 7.82. The summed E-state index contributed by atoms with van der Waals surface area (Å²) in [5.74, 6) is -0.238. The van der Waals surface area contributed by atoms with Gasteiger partial charge in [-0.2, -0.15) is 0 Å². The summed E-state index contributed by atoms with van der Waals surface area (Å²) in [6.45, 7) is 1.73. The molecule has 1 atom stereocenters. The zero-order valence-corrected chi connectivity index (χ0v) is 14.2. The Kier molecular flexibility index (Phi) is 5.76. The fourth-order valence-corrected chi connectivity index (χ4v) is 2.24. The van der Waals surface area contributed by atoms with E-state index in [1.807, 2.05) is 31.2 Å². The van der Waals surface area contributed by atoms with E-state index in [0.29, 0.717) is 11.3 Å². The number of ether oxygens (including phenoxy) is 1. The van der Waals surface area contributed by atoms with Gasteiger partial charge in [-0.15, -0.1) is 0 Å². The number of carbonyl (C=O) groups excluding carboxylic acids is 2. The third kappa shape index (κ3) is 5.10. The second-order valence-corrected chi connectivity index (χ2v) is 5.94. The first-order chi connectivity index (χ1) is 11.0. The van der Waals surface area contributed by atoms with Crippen molar-refractivity contribution in [2.75, 3.05) is 6.61 Å². The van der Waals surface area contributed by atoms with Crippen LogP contribution >= 0.6 is 15.9 Å². The topological polar surface area (TPSA) is 81.4 Å². The van der Waals surface area contributed by atoms with Crippen molar-refractivity contribution in [1.82, 2.24) is 5.32 Å². The zero-order chi connectivity index (χ0) is 16.8. The highest BCUT2D eigenvalue weighted by molar-refractivity contribution is 9.10. The Morgan fingerprint density at radius 2 is 1.74 bits per heavy atom. The van der Waals surface area contributed by atoms with Crippen LogP contribution in [0.15, 0.2) is 53.0 Å². The number of nitrogens with two attached hydrogens (primary N) is 1. The van der Waals surface area contributed by atoms with E-state index in [1.165, 1.54) is 0 Å². The normalized spacial score (nSPS) is 11.6. The van der Waals surface area contributed by atoms with Crippen molar-refractivity contribution in [3.8, 4) is 5.75 Å². The molecule has 0 fully saturated rings. The molecule has 0 saturated heterocycles. The minimum atomic E-state index is -0.546. The van der Waals surface area contributed by atoms with E-state index in [-0.39, 0.29) is 18.6 Å². The molecular formula is C17H17BrN2O3. The monoisotopic (exact) mass is 376 g/mol. The van der Waals surface area contributed by atoms with Gasteiger partial charge >= 0.3 is 0 Å². The Bertz CT molecular complexity index is 684.